The Bertz CT molecular complexity index is 569. The molecular formula is C16H22O3S. The van der Waals surface area contributed by atoms with E-state index in [0.717, 1.165) is 24.0 Å². The highest BCUT2D eigenvalue weighted by atomic mass is 32.2. The van der Waals surface area contributed by atoms with E-state index in [1.54, 1.807) is 36.4 Å². The molecule has 0 saturated heterocycles. The van der Waals surface area contributed by atoms with Crippen molar-refractivity contribution < 1.29 is 13.5 Å². The van der Waals surface area contributed by atoms with Crippen LogP contribution in [0.1, 0.15) is 26.7 Å². The summed E-state index contributed by atoms with van der Waals surface area (Å²) in [5, 5.41) is 8.87. The molecule has 0 spiro atoms. The van der Waals surface area contributed by atoms with Crippen LogP contribution in [-0.4, -0.2) is 25.9 Å². The molecule has 4 heteroatoms. The van der Waals surface area contributed by atoms with Crippen molar-refractivity contribution in [3.05, 3.63) is 53.6 Å². The van der Waals surface area contributed by atoms with Gasteiger partial charge in [0.15, 0.2) is 9.84 Å². The van der Waals surface area contributed by atoms with Crippen LogP contribution in [0.4, 0.5) is 0 Å². The van der Waals surface area contributed by atoms with Gasteiger partial charge in [0.25, 0.3) is 0 Å². The molecule has 0 saturated carbocycles. The highest BCUT2D eigenvalue weighted by molar-refractivity contribution is 7.91. The lowest BCUT2D eigenvalue weighted by Gasteiger charge is -2.03. The van der Waals surface area contributed by atoms with Crippen molar-refractivity contribution in [1.82, 2.24) is 0 Å². The van der Waals surface area contributed by atoms with Gasteiger partial charge in [0.1, 0.15) is 0 Å². The van der Waals surface area contributed by atoms with Gasteiger partial charge in [0, 0.05) is 0 Å². The predicted molar refractivity (Wildman–Crippen MR) is 82.3 cm³/mol. The first-order valence-electron chi connectivity index (χ1n) is 6.65. The molecule has 1 aromatic carbocycles. The van der Waals surface area contributed by atoms with E-state index in [2.05, 4.69) is 0 Å². The lowest BCUT2D eigenvalue weighted by molar-refractivity contribution is 0.331. The largest absolute Gasteiger partial charge is 0.392 e. The van der Waals surface area contributed by atoms with Crippen molar-refractivity contribution in [3.8, 4) is 0 Å². The summed E-state index contributed by atoms with van der Waals surface area (Å²) < 4.78 is 24.2. The second-order valence-corrected chi connectivity index (χ2v) is 6.93. The molecule has 0 bridgehead atoms. The second kappa shape index (κ2) is 8.02. The second-order valence-electron chi connectivity index (χ2n) is 4.89. The Balaban J connectivity index is 2.59. The van der Waals surface area contributed by atoms with E-state index in [9.17, 15) is 8.42 Å². The number of hydrogen-bond donors (Lipinski definition) is 1. The van der Waals surface area contributed by atoms with Crippen LogP contribution in [0.15, 0.2) is 58.5 Å². The number of benzene rings is 1. The third-order valence-corrected chi connectivity index (χ3v) is 4.63. The quantitative estimate of drug-likeness (QED) is 0.786. The van der Waals surface area contributed by atoms with Crippen molar-refractivity contribution in [1.29, 1.82) is 0 Å². The van der Waals surface area contributed by atoms with Gasteiger partial charge in [0.2, 0.25) is 0 Å². The SMILES string of the molecule is CC(=CCCC(C)=CCS(=O)(=O)c1ccccc1)CO. The minimum Gasteiger partial charge on any atom is -0.392 e. The fourth-order valence-corrected chi connectivity index (χ4v) is 2.96. The van der Waals surface area contributed by atoms with E-state index in [1.165, 1.54) is 0 Å². The summed E-state index contributed by atoms with van der Waals surface area (Å²) in [6.07, 6.45) is 5.37. The molecule has 0 heterocycles. The molecule has 0 aliphatic rings. The monoisotopic (exact) mass is 294 g/mol. The van der Waals surface area contributed by atoms with Crippen LogP contribution in [0, 0.1) is 0 Å². The van der Waals surface area contributed by atoms with Gasteiger partial charge in [-0.05, 0) is 38.8 Å². The lowest BCUT2D eigenvalue weighted by atomic mass is 10.1. The molecule has 110 valence electrons. The zero-order chi connectivity index (χ0) is 15.0. The van der Waals surface area contributed by atoms with Crippen LogP contribution in [-0.2, 0) is 9.84 Å². The Morgan fingerprint density at radius 2 is 1.75 bits per heavy atom. The Morgan fingerprint density at radius 1 is 1.10 bits per heavy atom. The van der Waals surface area contributed by atoms with E-state index in [1.807, 2.05) is 19.9 Å². The fourth-order valence-electron chi connectivity index (χ4n) is 1.69. The first kappa shape index (κ1) is 16.7. The van der Waals surface area contributed by atoms with Gasteiger partial charge >= 0.3 is 0 Å². The smallest absolute Gasteiger partial charge is 0.181 e. The summed E-state index contributed by atoms with van der Waals surface area (Å²) in [4.78, 5) is 0.361. The van der Waals surface area contributed by atoms with Crippen molar-refractivity contribution >= 4 is 9.84 Å². The van der Waals surface area contributed by atoms with Crippen LogP contribution in [0.5, 0.6) is 0 Å². The minimum atomic E-state index is -3.23. The number of allylic oxidation sites excluding steroid dienone is 2. The van der Waals surface area contributed by atoms with Gasteiger partial charge in [-0.25, -0.2) is 8.42 Å². The lowest BCUT2D eigenvalue weighted by Crippen LogP contribution is -2.04. The number of aliphatic hydroxyl groups excluding tert-OH is 1. The topological polar surface area (TPSA) is 54.4 Å². The summed E-state index contributed by atoms with van der Waals surface area (Å²) in [5.74, 6) is 0.0333. The average Bonchev–Trinajstić information content (AvgIpc) is 2.46. The van der Waals surface area contributed by atoms with Crippen molar-refractivity contribution in [2.75, 3.05) is 12.4 Å². The van der Waals surface area contributed by atoms with Crippen molar-refractivity contribution in [2.24, 2.45) is 0 Å². The normalized spacial score (nSPS) is 13.6. The van der Waals surface area contributed by atoms with Crippen molar-refractivity contribution in [3.63, 3.8) is 0 Å². The molecule has 1 aromatic rings. The maximum Gasteiger partial charge on any atom is 0.181 e. The Labute approximate surface area is 121 Å². The molecule has 0 amide bonds. The maximum atomic E-state index is 12.1. The molecule has 0 unspecified atom stereocenters. The summed E-state index contributed by atoms with van der Waals surface area (Å²) in [5.41, 5.74) is 1.99. The van der Waals surface area contributed by atoms with Crippen LogP contribution in [0.3, 0.4) is 0 Å². The van der Waals surface area contributed by atoms with Gasteiger partial charge in [-0.2, -0.15) is 0 Å². The fraction of sp³-hybridized carbons (Fsp3) is 0.375. The Hall–Kier alpha value is -1.39. The van der Waals surface area contributed by atoms with E-state index in [0.29, 0.717) is 4.90 Å². The third-order valence-electron chi connectivity index (χ3n) is 3.03. The summed E-state index contributed by atoms with van der Waals surface area (Å²) in [6, 6.07) is 8.49. The molecule has 0 atom stereocenters. The van der Waals surface area contributed by atoms with Crippen LogP contribution < -0.4 is 0 Å². The molecule has 20 heavy (non-hydrogen) atoms. The summed E-state index contributed by atoms with van der Waals surface area (Å²) in [7, 11) is -3.23. The molecule has 3 nitrogen and oxygen atoms in total. The number of hydrogen-bond acceptors (Lipinski definition) is 3. The molecular weight excluding hydrogens is 272 g/mol. The first-order valence-corrected chi connectivity index (χ1v) is 8.31. The van der Waals surface area contributed by atoms with E-state index >= 15 is 0 Å². The van der Waals surface area contributed by atoms with Crippen LogP contribution >= 0.6 is 0 Å². The first-order chi connectivity index (χ1) is 9.45. The number of rotatable bonds is 7. The van der Waals surface area contributed by atoms with E-state index in [4.69, 9.17) is 5.11 Å². The third kappa shape index (κ3) is 5.72. The van der Waals surface area contributed by atoms with Crippen LogP contribution in [0.25, 0.3) is 0 Å². The molecule has 1 N–H and O–H groups in total. The molecule has 0 fully saturated rings. The molecule has 0 aliphatic carbocycles. The highest BCUT2D eigenvalue weighted by Gasteiger charge is 2.11. The van der Waals surface area contributed by atoms with E-state index in [-0.39, 0.29) is 12.4 Å². The maximum absolute atomic E-state index is 12.1. The van der Waals surface area contributed by atoms with Gasteiger partial charge in [-0.3, -0.25) is 0 Å². The molecule has 0 radical (unpaired) electrons. The molecule has 0 aromatic heterocycles. The predicted octanol–water partition coefficient (Wildman–Crippen LogP) is 3.13. The van der Waals surface area contributed by atoms with Crippen LogP contribution in [0.2, 0.25) is 0 Å². The van der Waals surface area contributed by atoms with Gasteiger partial charge in [-0.15, -0.1) is 0 Å². The standard InChI is InChI=1S/C16H22O3S/c1-14(7-6-8-15(2)13-17)11-12-20(18,19)16-9-4-3-5-10-16/h3-5,8-11,17H,6-7,12-13H2,1-2H3. The summed E-state index contributed by atoms with van der Waals surface area (Å²) >= 11 is 0. The number of aliphatic hydroxyl groups is 1. The Kier molecular flexibility index (Phi) is 6.68. The van der Waals surface area contributed by atoms with Gasteiger partial charge in [0.05, 0.1) is 17.3 Å². The van der Waals surface area contributed by atoms with Crippen molar-refractivity contribution in [2.45, 2.75) is 31.6 Å². The highest BCUT2D eigenvalue weighted by Crippen LogP contribution is 2.13. The molecule has 1 rings (SSSR count). The average molecular weight is 294 g/mol. The zero-order valence-corrected chi connectivity index (χ0v) is 12.9. The van der Waals surface area contributed by atoms with E-state index < -0.39 is 9.84 Å². The number of sulfone groups is 1. The van der Waals surface area contributed by atoms with Gasteiger partial charge < -0.3 is 5.11 Å². The Morgan fingerprint density at radius 3 is 2.35 bits per heavy atom. The summed E-state index contributed by atoms with van der Waals surface area (Å²) in [6.45, 7) is 3.88. The van der Waals surface area contributed by atoms with Gasteiger partial charge in [-0.1, -0.05) is 41.5 Å². The zero-order valence-electron chi connectivity index (χ0n) is 12.0. The minimum absolute atomic E-state index is 0.0333. The molecule has 0 aliphatic heterocycles.